The van der Waals surface area contributed by atoms with Gasteiger partial charge in [0.25, 0.3) is 5.91 Å². The quantitative estimate of drug-likeness (QED) is 0.683. The number of nitrogens with one attached hydrogen (secondary N) is 2. The minimum absolute atomic E-state index is 0.302. The van der Waals surface area contributed by atoms with Crippen LogP contribution in [0.15, 0.2) is 61.2 Å². The molecule has 2 N–H and O–H groups in total. The molecule has 0 spiro atoms. The lowest BCUT2D eigenvalue weighted by atomic mass is 10.2. The highest BCUT2D eigenvalue weighted by molar-refractivity contribution is 6.36. The lowest BCUT2D eigenvalue weighted by molar-refractivity contribution is 0.102. The largest absolute Gasteiger partial charge is 0.380 e. The van der Waals surface area contributed by atoms with E-state index < -0.39 is 0 Å². The molecule has 0 bridgehead atoms. The second-order valence-corrected chi connectivity index (χ2v) is 6.09. The van der Waals surface area contributed by atoms with E-state index in [0.29, 0.717) is 27.8 Å². The predicted octanol–water partition coefficient (Wildman–Crippen LogP) is 4.65. The van der Waals surface area contributed by atoms with Gasteiger partial charge < -0.3 is 10.6 Å². The molecule has 2 heterocycles. The molecule has 1 aromatic carbocycles. The average Bonchev–Trinajstić information content (AvgIpc) is 2.63. The molecule has 0 radical (unpaired) electrons. The number of hydrogen-bond acceptors (Lipinski definition) is 4. The summed E-state index contributed by atoms with van der Waals surface area (Å²) in [7, 11) is 0. The van der Waals surface area contributed by atoms with Crippen LogP contribution in [0.25, 0.3) is 0 Å². The van der Waals surface area contributed by atoms with Crippen molar-refractivity contribution < 1.29 is 4.79 Å². The van der Waals surface area contributed by atoms with Gasteiger partial charge in [-0.3, -0.25) is 14.8 Å². The van der Waals surface area contributed by atoms with Gasteiger partial charge in [-0.2, -0.15) is 0 Å². The summed E-state index contributed by atoms with van der Waals surface area (Å²) >= 11 is 11.9. The van der Waals surface area contributed by atoms with Crippen molar-refractivity contribution in [2.75, 3.05) is 10.6 Å². The Morgan fingerprint density at radius 1 is 1.00 bits per heavy atom. The van der Waals surface area contributed by atoms with Crippen LogP contribution in [-0.4, -0.2) is 15.9 Å². The van der Waals surface area contributed by atoms with Crippen LogP contribution < -0.4 is 10.6 Å². The zero-order valence-electron chi connectivity index (χ0n) is 13.0. The van der Waals surface area contributed by atoms with Gasteiger partial charge in [0.2, 0.25) is 0 Å². The molecule has 3 aromatic rings. The predicted molar refractivity (Wildman–Crippen MR) is 100 cm³/mol. The van der Waals surface area contributed by atoms with E-state index in [-0.39, 0.29) is 5.91 Å². The summed E-state index contributed by atoms with van der Waals surface area (Å²) in [4.78, 5) is 20.5. The van der Waals surface area contributed by atoms with Crippen LogP contribution in [0.3, 0.4) is 0 Å². The first-order valence-corrected chi connectivity index (χ1v) is 8.21. The van der Waals surface area contributed by atoms with Crippen molar-refractivity contribution >= 4 is 40.5 Å². The van der Waals surface area contributed by atoms with Crippen LogP contribution >= 0.6 is 23.2 Å². The molecule has 0 atom stereocenters. The molecule has 0 unspecified atom stereocenters. The van der Waals surface area contributed by atoms with Gasteiger partial charge in [0, 0.05) is 36.4 Å². The summed E-state index contributed by atoms with van der Waals surface area (Å²) in [5, 5.41) is 6.86. The van der Waals surface area contributed by atoms with Crippen molar-refractivity contribution in [2.45, 2.75) is 6.54 Å². The Morgan fingerprint density at radius 3 is 2.56 bits per heavy atom. The first-order chi connectivity index (χ1) is 12.1. The van der Waals surface area contributed by atoms with Gasteiger partial charge in [-0.05, 0) is 42.0 Å². The number of benzene rings is 1. The zero-order chi connectivity index (χ0) is 17.6. The second-order valence-electron chi connectivity index (χ2n) is 5.25. The SMILES string of the molecule is O=C(Nc1ccc(Cl)cc1Cl)c1cncc(NCc2ccncc2)c1. The monoisotopic (exact) mass is 372 g/mol. The minimum Gasteiger partial charge on any atom is -0.380 e. The third-order valence-corrected chi connectivity index (χ3v) is 3.97. The maximum absolute atomic E-state index is 12.4. The second kappa shape index (κ2) is 7.96. The molecule has 0 aliphatic heterocycles. The number of aromatic nitrogens is 2. The molecule has 7 heteroatoms. The van der Waals surface area contributed by atoms with Crippen LogP contribution in [0.2, 0.25) is 10.0 Å². The summed E-state index contributed by atoms with van der Waals surface area (Å²) in [6.07, 6.45) is 6.62. The van der Waals surface area contributed by atoms with Gasteiger partial charge in [0.05, 0.1) is 22.0 Å². The molecule has 25 heavy (non-hydrogen) atoms. The van der Waals surface area contributed by atoms with Crippen molar-refractivity contribution in [3.63, 3.8) is 0 Å². The van der Waals surface area contributed by atoms with E-state index in [2.05, 4.69) is 20.6 Å². The van der Waals surface area contributed by atoms with E-state index in [1.165, 1.54) is 6.20 Å². The highest BCUT2D eigenvalue weighted by Gasteiger charge is 2.10. The van der Waals surface area contributed by atoms with Crippen molar-refractivity contribution in [3.8, 4) is 0 Å². The summed E-state index contributed by atoms with van der Waals surface area (Å²) in [5.74, 6) is -0.302. The summed E-state index contributed by atoms with van der Waals surface area (Å²) < 4.78 is 0. The molecule has 2 aromatic heterocycles. The molecule has 0 saturated heterocycles. The smallest absolute Gasteiger partial charge is 0.257 e. The highest BCUT2D eigenvalue weighted by atomic mass is 35.5. The van der Waals surface area contributed by atoms with E-state index in [0.717, 1.165) is 11.3 Å². The van der Waals surface area contributed by atoms with Gasteiger partial charge in [-0.1, -0.05) is 23.2 Å². The number of anilines is 2. The Hall–Kier alpha value is -2.63. The van der Waals surface area contributed by atoms with Crippen LogP contribution in [-0.2, 0) is 6.54 Å². The summed E-state index contributed by atoms with van der Waals surface area (Å²) in [5.41, 5.74) is 2.74. The third kappa shape index (κ3) is 4.68. The van der Waals surface area contributed by atoms with E-state index in [1.54, 1.807) is 42.9 Å². The first kappa shape index (κ1) is 17.2. The van der Waals surface area contributed by atoms with E-state index in [1.807, 2.05) is 12.1 Å². The van der Waals surface area contributed by atoms with Crippen molar-refractivity contribution in [3.05, 3.63) is 82.4 Å². The number of rotatable bonds is 5. The molecular weight excluding hydrogens is 359 g/mol. The zero-order valence-corrected chi connectivity index (χ0v) is 14.6. The molecule has 1 amide bonds. The fourth-order valence-electron chi connectivity index (χ4n) is 2.15. The molecule has 0 aliphatic carbocycles. The fourth-order valence-corrected chi connectivity index (χ4v) is 2.61. The molecule has 0 saturated carbocycles. The lowest BCUT2D eigenvalue weighted by Crippen LogP contribution is -2.13. The number of nitrogens with zero attached hydrogens (tertiary/aromatic N) is 2. The minimum atomic E-state index is -0.302. The van der Waals surface area contributed by atoms with Crippen molar-refractivity contribution in [2.24, 2.45) is 0 Å². The fraction of sp³-hybridized carbons (Fsp3) is 0.0556. The van der Waals surface area contributed by atoms with Gasteiger partial charge in [-0.15, -0.1) is 0 Å². The molecule has 0 fully saturated rings. The molecule has 3 rings (SSSR count). The Balaban J connectivity index is 1.69. The molecule has 126 valence electrons. The Labute approximate surface area is 155 Å². The lowest BCUT2D eigenvalue weighted by Gasteiger charge is -2.10. The van der Waals surface area contributed by atoms with Gasteiger partial charge in [-0.25, -0.2) is 0 Å². The highest BCUT2D eigenvalue weighted by Crippen LogP contribution is 2.26. The number of carbonyl (C=O) groups excluding carboxylic acids is 1. The van der Waals surface area contributed by atoms with E-state index >= 15 is 0 Å². The van der Waals surface area contributed by atoms with Gasteiger partial charge in [0.15, 0.2) is 0 Å². The first-order valence-electron chi connectivity index (χ1n) is 7.46. The van der Waals surface area contributed by atoms with E-state index in [4.69, 9.17) is 23.2 Å². The molecular formula is C18H14Cl2N4O. The molecule has 0 aliphatic rings. The Morgan fingerprint density at radius 2 is 1.80 bits per heavy atom. The van der Waals surface area contributed by atoms with Gasteiger partial charge >= 0.3 is 0 Å². The average molecular weight is 373 g/mol. The topological polar surface area (TPSA) is 66.9 Å². The van der Waals surface area contributed by atoms with Crippen LogP contribution in [0.1, 0.15) is 15.9 Å². The number of halogens is 2. The maximum atomic E-state index is 12.4. The van der Waals surface area contributed by atoms with Crippen molar-refractivity contribution in [1.82, 2.24) is 9.97 Å². The Bertz CT molecular complexity index is 887. The maximum Gasteiger partial charge on any atom is 0.257 e. The summed E-state index contributed by atoms with van der Waals surface area (Å²) in [6.45, 7) is 0.609. The normalized spacial score (nSPS) is 10.3. The third-order valence-electron chi connectivity index (χ3n) is 3.43. The van der Waals surface area contributed by atoms with Crippen LogP contribution in [0.5, 0.6) is 0 Å². The molecule has 5 nitrogen and oxygen atoms in total. The number of pyridine rings is 2. The van der Waals surface area contributed by atoms with Crippen LogP contribution in [0.4, 0.5) is 11.4 Å². The van der Waals surface area contributed by atoms with Gasteiger partial charge in [0.1, 0.15) is 0 Å². The summed E-state index contributed by atoms with van der Waals surface area (Å²) in [6, 6.07) is 10.4. The number of amides is 1. The Kier molecular flexibility index (Phi) is 5.48. The van der Waals surface area contributed by atoms with E-state index in [9.17, 15) is 4.79 Å². The standard InChI is InChI=1S/C18H14Cl2N4O/c19-14-1-2-17(16(20)8-14)24-18(25)13-7-15(11-22-10-13)23-9-12-3-5-21-6-4-12/h1-8,10-11,23H,9H2,(H,24,25). The van der Waals surface area contributed by atoms with Crippen molar-refractivity contribution in [1.29, 1.82) is 0 Å². The van der Waals surface area contributed by atoms with Crippen LogP contribution in [0, 0.1) is 0 Å². The number of hydrogen-bond donors (Lipinski definition) is 2. The number of carbonyl (C=O) groups is 1.